The van der Waals surface area contributed by atoms with Crippen molar-refractivity contribution < 1.29 is 23.1 Å². The summed E-state index contributed by atoms with van der Waals surface area (Å²) >= 11 is 0. The molecule has 7 heteroatoms. The third kappa shape index (κ3) is 3.86. The molecule has 1 saturated carbocycles. The number of hydrogen-bond donors (Lipinski definition) is 1. The lowest BCUT2D eigenvalue weighted by molar-refractivity contribution is -0.142. The Hall–Kier alpha value is -1.89. The number of carbonyl (C=O) groups excluding carboxylic acids is 1. The van der Waals surface area contributed by atoms with Gasteiger partial charge in [-0.15, -0.1) is 0 Å². The summed E-state index contributed by atoms with van der Waals surface area (Å²) in [6.45, 7) is 2.33. The molecule has 25 heavy (non-hydrogen) atoms. The van der Waals surface area contributed by atoms with Gasteiger partial charge in [0.2, 0.25) is 5.91 Å². The Kier molecular flexibility index (Phi) is 4.86. The van der Waals surface area contributed by atoms with E-state index in [9.17, 15) is 23.1 Å². The van der Waals surface area contributed by atoms with E-state index < -0.39 is 21.7 Å². The monoisotopic (exact) mass is 365 g/mol. The van der Waals surface area contributed by atoms with E-state index in [1.807, 2.05) is 0 Å². The largest absolute Gasteiger partial charge is 0.481 e. The molecular weight excluding hydrogens is 342 g/mol. The number of amides is 1. The summed E-state index contributed by atoms with van der Waals surface area (Å²) in [5.74, 6) is -0.961. The number of carboxylic acids is 1. The van der Waals surface area contributed by atoms with E-state index in [1.165, 1.54) is 6.07 Å². The van der Waals surface area contributed by atoms with Gasteiger partial charge in [0.25, 0.3) is 0 Å². The van der Waals surface area contributed by atoms with E-state index in [-0.39, 0.29) is 35.4 Å². The number of hydrogen-bond acceptors (Lipinski definition) is 4. The lowest BCUT2D eigenvalue weighted by atomic mass is 9.92. The molecule has 2 fully saturated rings. The van der Waals surface area contributed by atoms with Gasteiger partial charge in [-0.05, 0) is 42.4 Å². The highest BCUT2D eigenvalue weighted by molar-refractivity contribution is 7.91. The van der Waals surface area contributed by atoms with Gasteiger partial charge in [0.1, 0.15) is 0 Å². The van der Waals surface area contributed by atoms with Crippen molar-refractivity contribution in [2.45, 2.75) is 31.1 Å². The molecule has 1 aromatic carbocycles. The number of benzene rings is 1. The number of nitrogens with zero attached hydrogens (tertiary/aromatic N) is 1. The Balaban J connectivity index is 1.70. The molecule has 2 atom stereocenters. The Bertz CT molecular complexity index is 784. The normalized spacial score (nSPS) is 23.6. The second-order valence-corrected chi connectivity index (χ2v) is 9.25. The fourth-order valence-electron chi connectivity index (χ4n) is 3.60. The number of sulfone groups is 1. The molecule has 2 aliphatic rings. The standard InChI is InChI=1S/C18H23NO5S/c1-2-25(23,24)14-5-3-4-12(8-14)9-17(20)19-10-15(13-6-7-13)16(11-19)18(21)22/h3-5,8,13,15-16H,2,6-7,9-11H2,1H3,(H,21,22)/t15-,16+/m1/s1. The first kappa shape index (κ1) is 17.9. The summed E-state index contributed by atoms with van der Waals surface area (Å²) in [4.78, 5) is 25.9. The number of rotatable bonds is 6. The van der Waals surface area contributed by atoms with Crippen LogP contribution in [0, 0.1) is 17.8 Å². The zero-order chi connectivity index (χ0) is 18.2. The molecule has 0 bridgehead atoms. The topological polar surface area (TPSA) is 91.8 Å². The summed E-state index contributed by atoms with van der Waals surface area (Å²) in [5.41, 5.74) is 0.640. The fourth-order valence-corrected chi connectivity index (χ4v) is 4.55. The Labute approximate surface area is 147 Å². The minimum atomic E-state index is -3.31. The summed E-state index contributed by atoms with van der Waals surface area (Å²) in [7, 11) is -3.31. The van der Waals surface area contributed by atoms with Crippen LogP contribution >= 0.6 is 0 Å². The third-order valence-electron chi connectivity index (χ3n) is 5.26. The molecule has 1 heterocycles. The van der Waals surface area contributed by atoms with E-state index in [0.29, 0.717) is 18.0 Å². The van der Waals surface area contributed by atoms with Crippen molar-refractivity contribution in [3.05, 3.63) is 29.8 Å². The molecule has 1 aliphatic carbocycles. The summed E-state index contributed by atoms with van der Waals surface area (Å²) in [5, 5.41) is 9.40. The van der Waals surface area contributed by atoms with Crippen LogP contribution in [-0.2, 0) is 25.8 Å². The van der Waals surface area contributed by atoms with Crippen LogP contribution < -0.4 is 0 Å². The summed E-state index contributed by atoms with van der Waals surface area (Å²) in [6, 6.07) is 6.45. The molecule has 0 unspecified atom stereocenters. The molecule has 6 nitrogen and oxygen atoms in total. The maximum atomic E-state index is 12.6. The lowest BCUT2D eigenvalue weighted by Crippen LogP contribution is -2.31. The van der Waals surface area contributed by atoms with Crippen molar-refractivity contribution in [3.8, 4) is 0 Å². The average Bonchev–Trinajstić information content (AvgIpc) is 3.32. The van der Waals surface area contributed by atoms with E-state index in [2.05, 4.69) is 0 Å². The Morgan fingerprint density at radius 1 is 1.24 bits per heavy atom. The first-order chi connectivity index (χ1) is 11.8. The van der Waals surface area contributed by atoms with Crippen molar-refractivity contribution in [3.63, 3.8) is 0 Å². The maximum Gasteiger partial charge on any atom is 0.308 e. The molecule has 1 aromatic rings. The van der Waals surface area contributed by atoms with Crippen molar-refractivity contribution in [2.75, 3.05) is 18.8 Å². The summed E-state index contributed by atoms with van der Waals surface area (Å²) in [6.07, 6.45) is 2.19. The number of carbonyl (C=O) groups is 2. The van der Waals surface area contributed by atoms with Gasteiger partial charge < -0.3 is 10.0 Å². The SMILES string of the molecule is CCS(=O)(=O)c1cccc(CC(=O)N2C[C@H](C(=O)O)[C@@H](C3CC3)C2)c1. The number of aliphatic carboxylic acids is 1. The van der Waals surface area contributed by atoms with Crippen LogP contribution in [0.3, 0.4) is 0 Å². The quantitative estimate of drug-likeness (QED) is 0.827. The third-order valence-corrected chi connectivity index (χ3v) is 6.99. The molecule has 1 amide bonds. The van der Waals surface area contributed by atoms with Gasteiger partial charge in [-0.2, -0.15) is 0 Å². The van der Waals surface area contributed by atoms with Crippen LogP contribution in [0.4, 0.5) is 0 Å². The second kappa shape index (κ2) is 6.78. The molecule has 1 aliphatic heterocycles. The molecule has 3 rings (SSSR count). The molecule has 0 aromatic heterocycles. The molecule has 136 valence electrons. The molecule has 0 radical (unpaired) electrons. The van der Waals surface area contributed by atoms with E-state index in [1.54, 1.807) is 30.0 Å². The number of likely N-dealkylation sites (tertiary alicyclic amines) is 1. The van der Waals surface area contributed by atoms with Crippen LogP contribution in [0.25, 0.3) is 0 Å². The predicted octanol–water partition coefficient (Wildman–Crippen LogP) is 1.59. The zero-order valence-corrected chi connectivity index (χ0v) is 15.0. The minimum Gasteiger partial charge on any atom is -0.481 e. The van der Waals surface area contributed by atoms with Gasteiger partial charge in [-0.3, -0.25) is 9.59 Å². The average molecular weight is 365 g/mol. The molecular formula is C18H23NO5S. The maximum absolute atomic E-state index is 12.6. The van der Waals surface area contributed by atoms with E-state index in [4.69, 9.17) is 0 Å². The van der Waals surface area contributed by atoms with Crippen molar-refractivity contribution >= 4 is 21.7 Å². The van der Waals surface area contributed by atoms with E-state index >= 15 is 0 Å². The first-order valence-corrected chi connectivity index (χ1v) is 10.3. The Morgan fingerprint density at radius 2 is 1.96 bits per heavy atom. The fraction of sp³-hybridized carbons (Fsp3) is 0.556. The molecule has 1 N–H and O–H groups in total. The van der Waals surface area contributed by atoms with E-state index in [0.717, 1.165) is 12.8 Å². The Morgan fingerprint density at radius 3 is 2.56 bits per heavy atom. The highest BCUT2D eigenvalue weighted by atomic mass is 32.2. The van der Waals surface area contributed by atoms with Crippen LogP contribution in [0.2, 0.25) is 0 Å². The van der Waals surface area contributed by atoms with Gasteiger partial charge in [0, 0.05) is 13.1 Å². The van der Waals surface area contributed by atoms with Gasteiger partial charge in [-0.25, -0.2) is 8.42 Å². The lowest BCUT2D eigenvalue weighted by Gasteiger charge is -2.16. The van der Waals surface area contributed by atoms with Crippen molar-refractivity contribution in [1.29, 1.82) is 0 Å². The van der Waals surface area contributed by atoms with Crippen LogP contribution in [0.5, 0.6) is 0 Å². The van der Waals surface area contributed by atoms with Crippen molar-refractivity contribution in [1.82, 2.24) is 4.90 Å². The van der Waals surface area contributed by atoms with Crippen LogP contribution in [-0.4, -0.2) is 49.1 Å². The minimum absolute atomic E-state index is 0.0138. The van der Waals surface area contributed by atoms with Crippen LogP contribution in [0.15, 0.2) is 29.2 Å². The zero-order valence-electron chi connectivity index (χ0n) is 14.2. The van der Waals surface area contributed by atoms with Crippen LogP contribution in [0.1, 0.15) is 25.3 Å². The van der Waals surface area contributed by atoms with Gasteiger partial charge in [-0.1, -0.05) is 19.1 Å². The highest BCUT2D eigenvalue weighted by Crippen LogP contribution is 2.44. The summed E-state index contributed by atoms with van der Waals surface area (Å²) < 4.78 is 24.0. The molecule has 0 spiro atoms. The van der Waals surface area contributed by atoms with Gasteiger partial charge >= 0.3 is 5.97 Å². The van der Waals surface area contributed by atoms with Crippen molar-refractivity contribution in [2.24, 2.45) is 17.8 Å². The van der Waals surface area contributed by atoms with Gasteiger partial charge in [0.15, 0.2) is 9.84 Å². The predicted molar refractivity (Wildman–Crippen MR) is 91.8 cm³/mol. The first-order valence-electron chi connectivity index (χ1n) is 8.64. The molecule has 1 saturated heterocycles. The van der Waals surface area contributed by atoms with Gasteiger partial charge in [0.05, 0.1) is 23.0 Å². The second-order valence-electron chi connectivity index (χ2n) is 6.97. The number of carboxylic acid groups (broad SMARTS) is 1. The highest BCUT2D eigenvalue weighted by Gasteiger charge is 2.46. The smallest absolute Gasteiger partial charge is 0.308 e.